The number of ether oxygens (including phenoxy) is 2. The van der Waals surface area contributed by atoms with Crippen molar-refractivity contribution in [3.8, 4) is 0 Å². The van der Waals surface area contributed by atoms with Gasteiger partial charge in [0.1, 0.15) is 0 Å². The molecule has 1 aromatic rings. The van der Waals surface area contributed by atoms with Crippen LogP contribution in [0.5, 0.6) is 0 Å². The van der Waals surface area contributed by atoms with Gasteiger partial charge in [0.05, 0.1) is 7.11 Å². The molecule has 2 aliphatic rings. The number of rotatable bonds is 1. The van der Waals surface area contributed by atoms with Crippen LogP contribution < -0.4 is 0 Å². The van der Waals surface area contributed by atoms with Crippen LogP contribution in [0.3, 0.4) is 0 Å². The van der Waals surface area contributed by atoms with Crippen molar-refractivity contribution in [3.05, 3.63) is 35.4 Å². The zero-order valence-corrected chi connectivity index (χ0v) is 13.2. The molecule has 0 aromatic heterocycles. The van der Waals surface area contributed by atoms with Crippen LogP contribution in [0, 0.1) is 0 Å². The first-order chi connectivity index (χ1) is 10.8. The van der Waals surface area contributed by atoms with E-state index in [2.05, 4.69) is 4.99 Å². The molecule has 3 rings (SSSR count). The molecule has 0 unspecified atom stereocenters. The van der Waals surface area contributed by atoms with E-state index in [0.29, 0.717) is 11.1 Å². The average molecular weight is 316 g/mol. The number of carbonyl (C=O) groups excluding carboxylic acids is 3. The molecular formula is C16H16N2O5. The third kappa shape index (κ3) is 1.64. The zero-order chi connectivity index (χ0) is 17.0. The van der Waals surface area contributed by atoms with Gasteiger partial charge in [0.15, 0.2) is 5.90 Å². The lowest BCUT2D eigenvalue weighted by Gasteiger charge is -2.42. The number of hydrogen-bond donors (Lipinski definition) is 0. The van der Waals surface area contributed by atoms with Crippen molar-refractivity contribution in [2.75, 3.05) is 14.2 Å². The van der Waals surface area contributed by atoms with Gasteiger partial charge in [-0.15, -0.1) is 0 Å². The van der Waals surface area contributed by atoms with Crippen LogP contribution in [0.25, 0.3) is 0 Å². The van der Waals surface area contributed by atoms with Crippen LogP contribution in [0.1, 0.15) is 29.8 Å². The smallest absolute Gasteiger partial charge is 0.338 e. The van der Waals surface area contributed by atoms with Gasteiger partial charge >= 0.3 is 5.97 Å². The Labute approximate surface area is 132 Å². The van der Waals surface area contributed by atoms with Crippen LogP contribution in [0.2, 0.25) is 0 Å². The number of carbonyl (C=O) groups is 3. The summed E-state index contributed by atoms with van der Waals surface area (Å²) in [6, 6.07) is 6.57. The highest BCUT2D eigenvalue weighted by Gasteiger charge is 2.70. The first-order valence-electron chi connectivity index (χ1n) is 7.05. The van der Waals surface area contributed by atoms with E-state index < -0.39 is 28.9 Å². The fourth-order valence-electron chi connectivity index (χ4n) is 3.30. The molecule has 0 saturated heterocycles. The minimum atomic E-state index is -1.75. The minimum Gasteiger partial charge on any atom is -0.467 e. The van der Waals surface area contributed by atoms with E-state index >= 15 is 0 Å². The summed E-state index contributed by atoms with van der Waals surface area (Å²) in [7, 11) is 2.58. The molecular weight excluding hydrogens is 300 g/mol. The second-order valence-corrected chi connectivity index (χ2v) is 5.69. The number of benzene rings is 1. The predicted molar refractivity (Wildman–Crippen MR) is 79.8 cm³/mol. The summed E-state index contributed by atoms with van der Waals surface area (Å²) in [5.41, 5.74) is -2.74. The summed E-state index contributed by atoms with van der Waals surface area (Å²) in [6.07, 6.45) is 0. The van der Waals surface area contributed by atoms with Crippen LogP contribution in [0.15, 0.2) is 29.3 Å². The highest BCUT2D eigenvalue weighted by molar-refractivity contribution is 6.16. The molecule has 0 aliphatic carbocycles. The van der Waals surface area contributed by atoms with Crippen molar-refractivity contribution < 1.29 is 23.9 Å². The Bertz CT molecular complexity index is 771. The maximum atomic E-state index is 13.0. The first-order valence-corrected chi connectivity index (χ1v) is 7.05. The standard InChI is InChI=1S/C16H16N2O5/c1-9-17-15(2,14(21)22-4)16(23-9)11-8-6-5-7-10(11)12(19)18(3)13(16)20/h5-8H,1-4H3/t15-,16+/m1/s1. The molecule has 23 heavy (non-hydrogen) atoms. The Morgan fingerprint density at radius 3 is 2.61 bits per heavy atom. The third-order valence-electron chi connectivity index (χ3n) is 4.40. The molecule has 2 heterocycles. The number of imide groups is 1. The van der Waals surface area contributed by atoms with Gasteiger partial charge in [-0.1, -0.05) is 18.2 Å². The van der Waals surface area contributed by atoms with Crippen molar-refractivity contribution in [2.24, 2.45) is 4.99 Å². The lowest BCUT2D eigenvalue weighted by Crippen LogP contribution is -2.64. The second-order valence-electron chi connectivity index (χ2n) is 5.69. The summed E-state index contributed by atoms with van der Waals surface area (Å²) in [6.45, 7) is 3.04. The fraction of sp³-hybridized carbons (Fsp3) is 0.375. The van der Waals surface area contributed by atoms with E-state index in [1.54, 1.807) is 31.2 Å². The number of methoxy groups -OCH3 is 1. The Kier molecular flexibility index (Phi) is 3.07. The Morgan fingerprint density at radius 1 is 1.30 bits per heavy atom. The van der Waals surface area contributed by atoms with Gasteiger partial charge in [-0.25, -0.2) is 9.79 Å². The van der Waals surface area contributed by atoms with Crippen LogP contribution >= 0.6 is 0 Å². The summed E-state index contributed by atoms with van der Waals surface area (Å²) in [5, 5.41) is 0. The van der Waals surface area contributed by atoms with Gasteiger partial charge in [0.2, 0.25) is 11.1 Å². The van der Waals surface area contributed by atoms with Crippen molar-refractivity contribution in [3.63, 3.8) is 0 Å². The van der Waals surface area contributed by atoms with Crippen LogP contribution in [-0.2, 0) is 24.7 Å². The number of amides is 2. The van der Waals surface area contributed by atoms with E-state index in [1.165, 1.54) is 21.1 Å². The van der Waals surface area contributed by atoms with Gasteiger partial charge in [-0.2, -0.15) is 0 Å². The Morgan fingerprint density at radius 2 is 1.96 bits per heavy atom. The monoisotopic (exact) mass is 316 g/mol. The SMILES string of the molecule is COC(=O)[C@@]1(C)N=C(C)O[C@@]12C(=O)N(C)C(=O)c1ccccc12. The summed E-state index contributed by atoms with van der Waals surface area (Å²) in [5.74, 6) is -1.62. The van der Waals surface area contributed by atoms with E-state index in [-0.39, 0.29) is 5.90 Å². The van der Waals surface area contributed by atoms with Crippen molar-refractivity contribution in [1.82, 2.24) is 4.90 Å². The number of likely N-dealkylation sites (N-methyl/N-ethyl adjacent to an activating group) is 1. The molecule has 0 radical (unpaired) electrons. The topological polar surface area (TPSA) is 85.3 Å². The lowest BCUT2D eigenvalue weighted by atomic mass is 9.72. The molecule has 7 nitrogen and oxygen atoms in total. The van der Waals surface area contributed by atoms with Crippen LogP contribution in [-0.4, -0.2) is 48.3 Å². The van der Waals surface area contributed by atoms with Gasteiger partial charge in [0.25, 0.3) is 11.8 Å². The molecule has 0 saturated carbocycles. The quantitative estimate of drug-likeness (QED) is 0.567. The van der Waals surface area contributed by atoms with Gasteiger partial charge in [-0.3, -0.25) is 14.5 Å². The molecule has 2 amide bonds. The highest BCUT2D eigenvalue weighted by Crippen LogP contribution is 2.49. The highest BCUT2D eigenvalue weighted by atomic mass is 16.6. The second kappa shape index (κ2) is 4.65. The number of fused-ring (bicyclic) bond motifs is 2. The third-order valence-corrected chi connectivity index (χ3v) is 4.40. The van der Waals surface area contributed by atoms with E-state index in [9.17, 15) is 14.4 Å². The average Bonchev–Trinajstić information content (AvgIpc) is 2.83. The molecule has 0 bridgehead atoms. The van der Waals surface area contributed by atoms with E-state index in [4.69, 9.17) is 9.47 Å². The summed E-state index contributed by atoms with van der Waals surface area (Å²) >= 11 is 0. The van der Waals surface area contributed by atoms with Crippen molar-refractivity contribution in [2.45, 2.75) is 25.0 Å². The number of esters is 1. The Balaban J connectivity index is 2.37. The number of nitrogens with zero attached hydrogens (tertiary/aromatic N) is 2. The van der Waals surface area contributed by atoms with E-state index in [1.807, 2.05) is 0 Å². The van der Waals surface area contributed by atoms with Crippen molar-refractivity contribution in [1.29, 1.82) is 0 Å². The molecule has 2 atom stereocenters. The van der Waals surface area contributed by atoms with E-state index in [0.717, 1.165) is 4.90 Å². The fourth-order valence-corrected chi connectivity index (χ4v) is 3.30. The Hall–Kier alpha value is -2.70. The molecule has 1 aromatic carbocycles. The zero-order valence-electron chi connectivity index (χ0n) is 13.2. The molecule has 7 heteroatoms. The molecule has 0 fully saturated rings. The predicted octanol–water partition coefficient (Wildman–Crippen LogP) is 0.874. The maximum Gasteiger partial charge on any atom is 0.338 e. The van der Waals surface area contributed by atoms with Gasteiger partial charge < -0.3 is 9.47 Å². The minimum absolute atomic E-state index is 0.184. The largest absolute Gasteiger partial charge is 0.467 e. The van der Waals surface area contributed by atoms with Gasteiger partial charge in [0, 0.05) is 25.1 Å². The number of hydrogen-bond acceptors (Lipinski definition) is 6. The van der Waals surface area contributed by atoms with Crippen molar-refractivity contribution >= 4 is 23.7 Å². The first kappa shape index (κ1) is 15.2. The molecule has 2 aliphatic heterocycles. The van der Waals surface area contributed by atoms with Gasteiger partial charge in [-0.05, 0) is 13.0 Å². The number of aliphatic imine (C=N–C) groups is 1. The normalized spacial score (nSPS) is 29.2. The summed E-state index contributed by atoms with van der Waals surface area (Å²) < 4.78 is 10.6. The lowest BCUT2D eigenvalue weighted by molar-refractivity contribution is -0.166. The molecule has 1 spiro atoms. The molecule has 0 N–H and O–H groups in total. The summed E-state index contributed by atoms with van der Waals surface area (Å²) in [4.78, 5) is 43.0. The molecule has 120 valence electrons. The maximum absolute atomic E-state index is 13.0. The van der Waals surface area contributed by atoms with Crippen LogP contribution in [0.4, 0.5) is 0 Å².